The highest BCUT2D eigenvalue weighted by atomic mass is 16.7. The van der Waals surface area contributed by atoms with Crippen LogP contribution in [-0.2, 0) is 6.42 Å². The quantitative estimate of drug-likeness (QED) is 0.328. The first-order valence-electron chi connectivity index (χ1n) is 11.8. The molecule has 1 aliphatic carbocycles. The Balaban J connectivity index is 1.57. The molecule has 0 fully saturated rings. The fourth-order valence-corrected chi connectivity index (χ4v) is 5.55. The zero-order valence-electron chi connectivity index (χ0n) is 19.0. The Bertz CT molecular complexity index is 1470. The van der Waals surface area contributed by atoms with E-state index >= 15 is 0 Å². The molecule has 1 atom stereocenters. The van der Waals surface area contributed by atoms with E-state index in [1.54, 1.807) is 0 Å². The molecule has 4 heteroatoms. The molecule has 3 aliphatic rings. The lowest BCUT2D eigenvalue weighted by atomic mass is 9.78. The van der Waals surface area contributed by atoms with Crippen LogP contribution in [0, 0.1) is 0 Å². The van der Waals surface area contributed by atoms with Gasteiger partial charge in [-0.3, -0.25) is 0 Å². The third-order valence-electron chi connectivity index (χ3n) is 7.11. The summed E-state index contributed by atoms with van der Waals surface area (Å²) in [5.41, 5.74) is 7.52. The number of ether oxygens (including phenoxy) is 4. The summed E-state index contributed by atoms with van der Waals surface area (Å²) in [6.45, 7) is 2.85. The van der Waals surface area contributed by atoms with Gasteiger partial charge in [-0.15, -0.1) is 0 Å². The van der Waals surface area contributed by atoms with Crippen molar-refractivity contribution in [1.29, 1.82) is 0 Å². The zero-order chi connectivity index (χ0) is 22.6. The van der Waals surface area contributed by atoms with Crippen molar-refractivity contribution in [3.8, 4) is 34.1 Å². The molecule has 0 N–H and O–H groups in total. The van der Waals surface area contributed by atoms with Gasteiger partial charge >= 0.3 is 0 Å². The molecule has 0 spiro atoms. The standard InChI is InChI=1S/C30H24O4/c1-18-6-5-9-23-22(10-11-25-30(23)34-17-31-25)29-21(12-19-7-3-2-4-8-19)13-20-14-26-27(33-16-32-26)15-24(20)28(18)29/h2-5,7-11,13-15,18H,6,12,16-17H2,1H3/b9-5-. The Kier molecular flexibility index (Phi) is 4.34. The molecule has 2 aliphatic heterocycles. The number of hydrogen-bond acceptors (Lipinski definition) is 4. The molecule has 0 saturated carbocycles. The van der Waals surface area contributed by atoms with Crippen LogP contribution in [0.4, 0.5) is 0 Å². The van der Waals surface area contributed by atoms with Gasteiger partial charge in [0.25, 0.3) is 0 Å². The second kappa shape index (κ2) is 7.56. The topological polar surface area (TPSA) is 36.9 Å². The molecular formula is C30H24O4. The van der Waals surface area contributed by atoms with E-state index in [0.29, 0.717) is 5.92 Å². The van der Waals surface area contributed by atoms with Gasteiger partial charge in [0.1, 0.15) is 0 Å². The van der Waals surface area contributed by atoms with Gasteiger partial charge in [-0.05, 0) is 81.6 Å². The molecule has 34 heavy (non-hydrogen) atoms. The molecule has 0 bridgehead atoms. The summed E-state index contributed by atoms with van der Waals surface area (Å²) in [5, 5.41) is 2.41. The van der Waals surface area contributed by atoms with E-state index in [0.717, 1.165) is 41.4 Å². The van der Waals surface area contributed by atoms with Gasteiger partial charge in [0, 0.05) is 5.56 Å². The molecule has 4 nitrogen and oxygen atoms in total. The maximum atomic E-state index is 5.93. The number of benzene rings is 4. The minimum absolute atomic E-state index is 0.265. The predicted molar refractivity (Wildman–Crippen MR) is 133 cm³/mol. The molecule has 1 unspecified atom stereocenters. The summed E-state index contributed by atoms with van der Waals surface area (Å²) in [7, 11) is 0. The average Bonchev–Trinajstić information content (AvgIpc) is 3.51. The average molecular weight is 449 g/mol. The Morgan fingerprint density at radius 3 is 2.50 bits per heavy atom. The SMILES string of the molecule is CC1C/C=C\c2c(ccc3c2OCO3)-c2c(Cc3ccccc3)cc3cc4c(cc3c21)OCO4. The zero-order valence-corrected chi connectivity index (χ0v) is 19.0. The fraction of sp³-hybridized carbons (Fsp3) is 0.200. The Hall–Kier alpha value is -3.92. The van der Waals surface area contributed by atoms with Crippen LogP contribution in [0.15, 0.2) is 66.7 Å². The van der Waals surface area contributed by atoms with E-state index in [1.807, 2.05) is 6.07 Å². The third-order valence-corrected chi connectivity index (χ3v) is 7.11. The van der Waals surface area contributed by atoms with Crippen LogP contribution in [0.1, 0.15) is 41.5 Å². The van der Waals surface area contributed by atoms with Crippen molar-refractivity contribution in [2.24, 2.45) is 0 Å². The molecule has 0 radical (unpaired) electrons. The summed E-state index contributed by atoms with van der Waals surface area (Å²) in [5.74, 6) is 3.63. The molecule has 2 heterocycles. The van der Waals surface area contributed by atoms with Gasteiger partial charge in [-0.25, -0.2) is 0 Å². The van der Waals surface area contributed by atoms with Gasteiger partial charge in [0.05, 0.1) is 0 Å². The largest absolute Gasteiger partial charge is 0.454 e. The lowest BCUT2D eigenvalue weighted by Gasteiger charge is -2.26. The first-order chi connectivity index (χ1) is 16.8. The first-order valence-corrected chi connectivity index (χ1v) is 11.8. The second-order valence-electron chi connectivity index (χ2n) is 9.21. The van der Waals surface area contributed by atoms with Crippen molar-refractivity contribution < 1.29 is 18.9 Å². The monoisotopic (exact) mass is 448 g/mol. The Morgan fingerprint density at radius 1 is 0.824 bits per heavy atom. The lowest BCUT2D eigenvalue weighted by molar-refractivity contribution is 0.173. The van der Waals surface area contributed by atoms with E-state index < -0.39 is 0 Å². The lowest BCUT2D eigenvalue weighted by Crippen LogP contribution is -2.05. The van der Waals surface area contributed by atoms with Gasteiger partial charge in [-0.1, -0.05) is 55.5 Å². The molecule has 4 aromatic rings. The van der Waals surface area contributed by atoms with Gasteiger partial charge in [0.15, 0.2) is 23.0 Å². The van der Waals surface area contributed by atoms with Crippen molar-refractivity contribution >= 4 is 16.8 Å². The van der Waals surface area contributed by atoms with Crippen molar-refractivity contribution in [1.82, 2.24) is 0 Å². The van der Waals surface area contributed by atoms with Crippen LogP contribution < -0.4 is 18.9 Å². The molecule has 4 aromatic carbocycles. The number of allylic oxidation sites excluding steroid dienone is 1. The Labute approximate surface area is 198 Å². The van der Waals surface area contributed by atoms with Gasteiger partial charge in [0.2, 0.25) is 13.6 Å². The summed E-state index contributed by atoms with van der Waals surface area (Å²) in [6, 6.07) is 21.5. The Morgan fingerprint density at radius 2 is 1.62 bits per heavy atom. The summed E-state index contributed by atoms with van der Waals surface area (Å²) >= 11 is 0. The smallest absolute Gasteiger partial charge is 0.231 e. The third kappa shape index (κ3) is 2.98. The molecular weight excluding hydrogens is 424 g/mol. The van der Waals surface area contributed by atoms with E-state index in [2.05, 4.69) is 73.7 Å². The highest BCUT2D eigenvalue weighted by molar-refractivity contribution is 5.98. The van der Waals surface area contributed by atoms with Crippen LogP contribution in [0.25, 0.3) is 28.0 Å². The highest BCUT2D eigenvalue weighted by Gasteiger charge is 2.28. The van der Waals surface area contributed by atoms with Crippen molar-refractivity contribution in [2.75, 3.05) is 13.6 Å². The van der Waals surface area contributed by atoms with Crippen LogP contribution in [0.3, 0.4) is 0 Å². The normalized spacial score (nSPS) is 18.2. The van der Waals surface area contributed by atoms with Crippen LogP contribution in [-0.4, -0.2) is 13.6 Å². The van der Waals surface area contributed by atoms with E-state index in [-0.39, 0.29) is 13.6 Å². The molecule has 168 valence electrons. The maximum absolute atomic E-state index is 5.93. The summed E-state index contributed by atoms with van der Waals surface area (Å²) < 4.78 is 23.1. The summed E-state index contributed by atoms with van der Waals surface area (Å²) in [6.07, 6.45) is 6.25. The minimum atomic E-state index is 0.265. The molecule has 0 amide bonds. The van der Waals surface area contributed by atoms with E-state index in [1.165, 1.54) is 38.6 Å². The first kappa shape index (κ1) is 19.5. The molecule has 0 aromatic heterocycles. The number of fused-ring (bicyclic) bond motifs is 8. The highest BCUT2D eigenvalue weighted by Crippen LogP contribution is 2.50. The fourth-order valence-electron chi connectivity index (χ4n) is 5.55. The molecule has 0 saturated heterocycles. The van der Waals surface area contributed by atoms with Crippen LogP contribution in [0.2, 0.25) is 0 Å². The van der Waals surface area contributed by atoms with Crippen LogP contribution >= 0.6 is 0 Å². The number of rotatable bonds is 2. The predicted octanol–water partition coefficient (Wildman–Crippen LogP) is 7.08. The summed E-state index contributed by atoms with van der Waals surface area (Å²) in [4.78, 5) is 0. The van der Waals surface area contributed by atoms with Crippen molar-refractivity contribution in [2.45, 2.75) is 25.7 Å². The van der Waals surface area contributed by atoms with E-state index in [9.17, 15) is 0 Å². The van der Waals surface area contributed by atoms with E-state index in [4.69, 9.17) is 18.9 Å². The second-order valence-corrected chi connectivity index (χ2v) is 9.21. The van der Waals surface area contributed by atoms with Gasteiger partial charge in [-0.2, -0.15) is 0 Å². The maximum Gasteiger partial charge on any atom is 0.231 e. The van der Waals surface area contributed by atoms with Crippen LogP contribution in [0.5, 0.6) is 23.0 Å². The minimum Gasteiger partial charge on any atom is -0.454 e. The van der Waals surface area contributed by atoms with Gasteiger partial charge < -0.3 is 18.9 Å². The number of hydrogen-bond donors (Lipinski definition) is 0. The molecule has 7 rings (SSSR count). The van der Waals surface area contributed by atoms with Crippen molar-refractivity contribution in [3.05, 3.63) is 89.0 Å². The van der Waals surface area contributed by atoms with Crippen molar-refractivity contribution in [3.63, 3.8) is 0 Å².